The number of carbonyl (C=O) groups is 1. The van der Waals surface area contributed by atoms with Crippen LogP contribution in [0.2, 0.25) is 5.02 Å². The average molecular weight is 278 g/mol. The number of esters is 1. The van der Waals surface area contributed by atoms with Crippen molar-refractivity contribution in [3.05, 3.63) is 47.2 Å². The lowest BCUT2D eigenvalue weighted by Gasteiger charge is -2.13. The highest BCUT2D eigenvalue weighted by Gasteiger charge is 2.19. The first-order valence-corrected chi connectivity index (χ1v) is 5.91. The molecule has 0 atom stereocenters. The Labute approximate surface area is 115 Å². The summed E-state index contributed by atoms with van der Waals surface area (Å²) in [6, 6.07) is 6.91. The smallest absolute Gasteiger partial charge is 0.341 e. The van der Waals surface area contributed by atoms with Gasteiger partial charge >= 0.3 is 5.97 Å². The minimum atomic E-state index is -0.496. The van der Waals surface area contributed by atoms with Gasteiger partial charge in [0.1, 0.15) is 11.3 Å². The number of aromatic nitrogens is 1. The van der Waals surface area contributed by atoms with Gasteiger partial charge in [-0.3, -0.25) is 4.98 Å². The number of hydrogen-bond donors (Lipinski definition) is 0. The fourth-order valence-corrected chi connectivity index (χ4v) is 2.03. The van der Waals surface area contributed by atoms with E-state index in [1.54, 1.807) is 24.5 Å². The van der Waals surface area contributed by atoms with Crippen LogP contribution in [0.1, 0.15) is 10.4 Å². The second-order valence-electron chi connectivity index (χ2n) is 3.77. The molecule has 1 aromatic carbocycles. The Morgan fingerprint density at radius 1 is 1.32 bits per heavy atom. The molecule has 1 heterocycles. The van der Waals surface area contributed by atoms with Crippen molar-refractivity contribution in [3.63, 3.8) is 0 Å². The van der Waals surface area contributed by atoms with Crippen LogP contribution in [0, 0.1) is 0 Å². The Kier molecular flexibility index (Phi) is 4.02. The number of ether oxygens (including phenoxy) is 2. The van der Waals surface area contributed by atoms with Crippen LogP contribution in [-0.4, -0.2) is 25.2 Å². The Bertz CT molecular complexity index is 599. The van der Waals surface area contributed by atoms with E-state index < -0.39 is 5.97 Å². The van der Waals surface area contributed by atoms with E-state index in [2.05, 4.69) is 4.98 Å². The number of benzene rings is 1. The number of rotatable bonds is 3. The van der Waals surface area contributed by atoms with E-state index in [-0.39, 0.29) is 5.56 Å². The highest BCUT2D eigenvalue weighted by molar-refractivity contribution is 6.31. The standard InChI is InChI=1S/C14H12ClNO3/c1-18-13-11(9-4-3-5-16-8-9)6-10(15)7-12(13)14(17)19-2/h3-8H,1-2H3. The molecule has 0 radical (unpaired) electrons. The summed E-state index contributed by atoms with van der Waals surface area (Å²) in [5.41, 5.74) is 1.80. The summed E-state index contributed by atoms with van der Waals surface area (Å²) in [6.45, 7) is 0. The average Bonchev–Trinajstić information content (AvgIpc) is 2.46. The number of halogens is 1. The molecule has 0 spiro atoms. The van der Waals surface area contributed by atoms with E-state index in [0.29, 0.717) is 16.3 Å². The number of pyridine rings is 1. The van der Waals surface area contributed by atoms with Crippen molar-refractivity contribution in [2.75, 3.05) is 14.2 Å². The predicted octanol–water partition coefficient (Wildman–Crippen LogP) is 3.20. The van der Waals surface area contributed by atoms with Crippen molar-refractivity contribution < 1.29 is 14.3 Å². The zero-order valence-corrected chi connectivity index (χ0v) is 11.3. The summed E-state index contributed by atoms with van der Waals surface area (Å²) >= 11 is 6.05. The SMILES string of the molecule is COC(=O)c1cc(Cl)cc(-c2cccnc2)c1OC. The molecule has 0 unspecified atom stereocenters. The maximum absolute atomic E-state index is 11.8. The van der Waals surface area contributed by atoms with E-state index >= 15 is 0 Å². The van der Waals surface area contributed by atoms with Crippen LogP contribution in [0.15, 0.2) is 36.7 Å². The molecule has 5 heteroatoms. The highest BCUT2D eigenvalue weighted by Crippen LogP contribution is 2.36. The Morgan fingerprint density at radius 3 is 2.68 bits per heavy atom. The third-order valence-corrected chi connectivity index (χ3v) is 2.85. The number of nitrogens with zero attached hydrogens (tertiary/aromatic N) is 1. The van der Waals surface area contributed by atoms with E-state index in [1.807, 2.05) is 6.07 Å². The normalized spacial score (nSPS) is 10.1. The first-order valence-electron chi connectivity index (χ1n) is 5.53. The molecule has 2 rings (SSSR count). The maximum Gasteiger partial charge on any atom is 0.341 e. The Morgan fingerprint density at radius 2 is 2.11 bits per heavy atom. The van der Waals surface area contributed by atoms with Crippen molar-refractivity contribution in [2.45, 2.75) is 0 Å². The van der Waals surface area contributed by atoms with Crippen LogP contribution in [0.5, 0.6) is 5.75 Å². The van der Waals surface area contributed by atoms with Crippen LogP contribution in [0.4, 0.5) is 0 Å². The van der Waals surface area contributed by atoms with Crippen molar-refractivity contribution in [3.8, 4) is 16.9 Å². The second kappa shape index (κ2) is 5.71. The molecule has 2 aromatic rings. The van der Waals surface area contributed by atoms with E-state index in [1.165, 1.54) is 20.3 Å². The molecule has 0 amide bonds. The van der Waals surface area contributed by atoms with Gasteiger partial charge in [-0.2, -0.15) is 0 Å². The number of carbonyl (C=O) groups excluding carboxylic acids is 1. The third-order valence-electron chi connectivity index (χ3n) is 2.64. The molecular weight excluding hydrogens is 266 g/mol. The van der Waals surface area contributed by atoms with E-state index in [0.717, 1.165) is 5.56 Å². The summed E-state index contributed by atoms with van der Waals surface area (Å²) in [4.78, 5) is 15.8. The number of methoxy groups -OCH3 is 2. The molecule has 0 aliphatic heterocycles. The third kappa shape index (κ3) is 2.69. The fourth-order valence-electron chi connectivity index (χ4n) is 1.81. The van der Waals surface area contributed by atoms with Crippen LogP contribution in [0.25, 0.3) is 11.1 Å². The van der Waals surface area contributed by atoms with Crippen LogP contribution < -0.4 is 4.74 Å². The summed E-state index contributed by atoms with van der Waals surface area (Å²) in [6.07, 6.45) is 3.34. The van der Waals surface area contributed by atoms with Gasteiger partial charge in [-0.25, -0.2) is 4.79 Å². The van der Waals surface area contributed by atoms with E-state index in [9.17, 15) is 4.79 Å². The van der Waals surface area contributed by atoms with Gasteiger partial charge in [0.25, 0.3) is 0 Å². The molecule has 4 nitrogen and oxygen atoms in total. The summed E-state index contributed by atoms with van der Waals surface area (Å²) < 4.78 is 10.1. The first-order chi connectivity index (χ1) is 9.17. The Hall–Kier alpha value is -2.07. The highest BCUT2D eigenvalue weighted by atomic mass is 35.5. The maximum atomic E-state index is 11.8. The van der Waals surface area contributed by atoms with Crippen LogP contribution in [-0.2, 0) is 4.74 Å². The van der Waals surface area contributed by atoms with Gasteiger partial charge in [0.2, 0.25) is 0 Å². The van der Waals surface area contributed by atoms with Gasteiger partial charge in [-0.1, -0.05) is 17.7 Å². The van der Waals surface area contributed by atoms with Gasteiger partial charge in [0.05, 0.1) is 14.2 Å². The van der Waals surface area contributed by atoms with Crippen molar-refractivity contribution in [2.24, 2.45) is 0 Å². The summed E-state index contributed by atoms with van der Waals surface area (Å²) in [5.74, 6) is -0.0752. The van der Waals surface area contributed by atoms with Gasteiger partial charge in [-0.15, -0.1) is 0 Å². The van der Waals surface area contributed by atoms with Crippen molar-refractivity contribution in [1.29, 1.82) is 0 Å². The fraction of sp³-hybridized carbons (Fsp3) is 0.143. The van der Waals surface area contributed by atoms with Gasteiger partial charge in [0, 0.05) is 28.5 Å². The van der Waals surface area contributed by atoms with Crippen LogP contribution >= 0.6 is 11.6 Å². The Balaban J connectivity index is 2.67. The molecule has 0 N–H and O–H groups in total. The zero-order valence-electron chi connectivity index (χ0n) is 10.5. The molecule has 0 fully saturated rings. The molecule has 0 saturated heterocycles. The van der Waals surface area contributed by atoms with E-state index in [4.69, 9.17) is 21.1 Å². The largest absolute Gasteiger partial charge is 0.495 e. The van der Waals surface area contributed by atoms with Gasteiger partial charge in [0.15, 0.2) is 0 Å². The van der Waals surface area contributed by atoms with Crippen molar-refractivity contribution in [1.82, 2.24) is 4.98 Å². The summed E-state index contributed by atoms with van der Waals surface area (Å²) in [5, 5.41) is 0.431. The predicted molar refractivity (Wildman–Crippen MR) is 72.6 cm³/mol. The lowest BCUT2D eigenvalue weighted by Crippen LogP contribution is -2.05. The van der Waals surface area contributed by atoms with Gasteiger partial charge < -0.3 is 9.47 Å². The molecule has 1 aromatic heterocycles. The molecular formula is C14H12ClNO3. The molecule has 0 aliphatic carbocycles. The monoisotopic (exact) mass is 277 g/mol. The first kappa shape index (κ1) is 13.4. The molecule has 0 saturated carbocycles. The lowest BCUT2D eigenvalue weighted by atomic mass is 10.0. The lowest BCUT2D eigenvalue weighted by molar-refractivity contribution is 0.0597. The topological polar surface area (TPSA) is 48.4 Å². The minimum Gasteiger partial charge on any atom is -0.495 e. The minimum absolute atomic E-state index is 0.288. The molecule has 19 heavy (non-hydrogen) atoms. The van der Waals surface area contributed by atoms with Crippen LogP contribution in [0.3, 0.4) is 0 Å². The molecule has 0 aliphatic rings. The molecule has 0 bridgehead atoms. The quantitative estimate of drug-likeness (QED) is 0.809. The summed E-state index contributed by atoms with van der Waals surface area (Å²) in [7, 11) is 2.81. The zero-order chi connectivity index (χ0) is 13.8. The second-order valence-corrected chi connectivity index (χ2v) is 4.20. The number of hydrogen-bond acceptors (Lipinski definition) is 4. The van der Waals surface area contributed by atoms with Crippen molar-refractivity contribution >= 4 is 17.6 Å². The molecule has 98 valence electrons. The van der Waals surface area contributed by atoms with Gasteiger partial charge in [-0.05, 0) is 18.2 Å².